The maximum Gasteiger partial charge on any atom is 0.251 e. The van der Waals surface area contributed by atoms with E-state index >= 15 is 0 Å². The third kappa shape index (κ3) is 7.43. The minimum absolute atomic E-state index is 0. The van der Waals surface area contributed by atoms with E-state index in [1.54, 1.807) is 11.3 Å². The Kier molecular flexibility index (Phi) is 10.2. The van der Waals surface area contributed by atoms with Gasteiger partial charge in [-0.3, -0.25) is 4.79 Å². The Labute approximate surface area is 170 Å². The highest BCUT2D eigenvalue weighted by Crippen LogP contribution is 2.07. The van der Waals surface area contributed by atoms with Gasteiger partial charge in [0.15, 0.2) is 5.96 Å². The van der Waals surface area contributed by atoms with Crippen LogP contribution in [0.2, 0.25) is 0 Å². The molecule has 25 heavy (non-hydrogen) atoms. The molecule has 0 saturated heterocycles. The van der Waals surface area contributed by atoms with E-state index in [0.717, 1.165) is 18.1 Å². The third-order valence-electron chi connectivity index (χ3n) is 3.33. The van der Waals surface area contributed by atoms with E-state index in [1.807, 2.05) is 38.1 Å². The summed E-state index contributed by atoms with van der Waals surface area (Å²) < 4.78 is 0. The lowest BCUT2D eigenvalue weighted by molar-refractivity contribution is 0.0955. The predicted molar refractivity (Wildman–Crippen MR) is 116 cm³/mol. The molecule has 0 bridgehead atoms. The van der Waals surface area contributed by atoms with Gasteiger partial charge < -0.3 is 16.0 Å². The molecular formula is C18H25IN4OS. The topological polar surface area (TPSA) is 65.5 Å². The molecular weight excluding hydrogens is 447 g/mol. The van der Waals surface area contributed by atoms with Crippen LogP contribution >= 0.6 is 35.3 Å². The molecule has 136 valence electrons. The lowest BCUT2D eigenvalue weighted by Gasteiger charge is -2.12. The first-order chi connectivity index (χ1) is 11.7. The van der Waals surface area contributed by atoms with Crippen LogP contribution in [-0.2, 0) is 13.1 Å². The molecule has 1 aromatic heterocycles. The Morgan fingerprint density at radius 3 is 2.56 bits per heavy atom. The van der Waals surface area contributed by atoms with Crippen LogP contribution in [-0.4, -0.2) is 25.0 Å². The van der Waals surface area contributed by atoms with Crippen LogP contribution in [0.1, 0.15) is 35.3 Å². The molecule has 0 radical (unpaired) electrons. The summed E-state index contributed by atoms with van der Waals surface area (Å²) >= 11 is 1.68. The molecule has 2 rings (SSSR count). The van der Waals surface area contributed by atoms with E-state index in [9.17, 15) is 4.79 Å². The van der Waals surface area contributed by atoms with Gasteiger partial charge in [0.25, 0.3) is 5.91 Å². The molecule has 0 aliphatic rings. The average molecular weight is 472 g/mol. The quantitative estimate of drug-likeness (QED) is 0.329. The van der Waals surface area contributed by atoms with Crippen molar-refractivity contribution in [2.75, 3.05) is 13.1 Å². The van der Waals surface area contributed by atoms with Gasteiger partial charge in [-0.15, -0.1) is 24.0 Å². The first-order valence-electron chi connectivity index (χ1n) is 8.13. The van der Waals surface area contributed by atoms with Crippen LogP contribution in [0.5, 0.6) is 0 Å². The van der Waals surface area contributed by atoms with Crippen LogP contribution < -0.4 is 16.0 Å². The lowest BCUT2D eigenvalue weighted by atomic mass is 10.1. The van der Waals surface area contributed by atoms with Gasteiger partial charge in [-0.05, 0) is 53.9 Å². The van der Waals surface area contributed by atoms with Gasteiger partial charge in [0.05, 0.1) is 6.54 Å². The molecule has 0 saturated carbocycles. The molecule has 1 aromatic carbocycles. The Hall–Kier alpha value is -1.61. The maximum atomic E-state index is 11.9. The minimum Gasteiger partial charge on any atom is -0.357 e. The number of carbonyl (C=O) groups excluding carboxylic acids is 1. The summed E-state index contributed by atoms with van der Waals surface area (Å²) in [6.07, 6.45) is 0. The fourth-order valence-electron chi connectivity index (χ4n) is 2.17. The number of hydrogen-bond acceptors (Lipinski definition) is 3. The molecule has 0 aliphatic heterocycles. The van der Waals surface area contributed by atoms with Crippen molar-refractivity contribution in [1.29, 1.82) is 0 Å². The fraction of sp³-hybridized carbons (Fsp3) is 0.333. The van der Waals surface area contributed by atoms with E-state index in [4.69, 9.17) is 0 Å². The van der Waals surface area contributed by atoms with Crippen molar-refractivity contribution in [1.82, 2.24) is 16.0 Å². The summed E-state index contributed by atoms with van der Waals surface area (Å²) in [5, 5.41) is 13.5. The van der Waals surface area contributed by atoms with Gasteiger partial charge >= 0.3 is 0 Å². The average Bonchev–Trinajstić information content (AvgIpc) is 3.11. The number of aliphatic imine (C=N–C) groups is 1. The van der Waals surface area contributed by atoms with Gasteiger partial charge in [-0.25, -0.2) is 4.99 Å². The molecule has 5 nitrogen and oxygen atoms in total. The first-order valence-corrected chi connectivity index (χ1v) is 9.07. The predicted octanol–water partition coefficient (Wildman–Crippen LogP) is 3.37. The van der Waals surface area contributed by atoms with E-state index in [0.29, 0.717) is 25.2 Å². The number of nitrogens with one attached hydrogen (secondary N) is 3. The monoisotopic (exact) mass is 472 g/mol. The smallest absolute Gasteiger partial charge is 0.251 e. The van der Waals surface area contributed by atoms with E-state index < -0.39 is 0 Å². The zero-order valence-corrected chi connectivity index (χ0v) is 17.7. The number of rotatable bonds is 7. The van der Waals surface area contributed by atoms with Crippen LogP contribution in [0.15, 0.2) is 46.1 Å². The normalized spacial score (nSPS) is 10.7. The van der Waals surface area contributed by atoms with Crippen molar-refractivity contribution in [3.63, 3.8) is 0 Å². The second-order valence-electron chi connectivity index (χ2n) is 5.24. The van der Waals surface area contributed by atoms with E-state index in [-0.39, 0.29) is 29.9 Å². The van der Waals surface area contributed by atoms with Gasteiger partial charge in [0.2, 0.25) is 0 Å². The molecule has 0 unspecified atom stereocenters. The number of amides is 1. The number of carbonyl (C=O) groups is 1. The Morgan fingerprint density at radius 1 is 1.08 bits per heavy atom. The summed E-state index contributed by atoms with van der Waals surface area (Å²) in [6, 6.07) is 9.70. The second-order valence-corrected chi connectivity index (χ2v) is 6.02. The van der Waals surface area contributed by atoms with Gasteiger partial charge in [0, 0.05) is 25.2 Å². The van der Waals surface area contributed by atoms with Crippen molar-refractivity contribution >= 4 is 47.2 Å². The number of hydrogen-bond donors (Lipinski definition) is 3. The fourth-order valence-corrected chi connectivity index (χ4v) is 2.83. The van der Waals surface area contributed by atoms with Gasteiger partial charge in [-0.2, -0.15) is 11.3 Å². The summed E-state index contributed by atoms with van der Waals surface area (Å²) in [6.45, 7) is 6.64. The number of guanidine groups is 1. The molecule has 7 heteroatoms. The summed E-state index contributed by atoms with van der Waals surface area (Å²) in [5.74, 6) is 0.726. The molecule has 2 aromatic rings. The van der Waals surface area contributed by atoms with Crippen LogP contribution in [0, 0.1) is 0 Å². The van der Waals surface area contributed by atoms with Crippen molar-refractivity contribution in [3.8, 4) is 0 Å². The zero-order chi connectivity index (χ0) is 17.2. The molecule has 0 fully saturated rings. The highest BCUT2D eigenvalue weighted by Gasteiger charge is 2.05. The number of nitrogens with zero attached hydrogens (tertiary/aromatic N) is 1. The highest BCUT2D eigenvalue weighted by molar-refractivity contribution is 14.0. The van der Waals surface area contributed by atoms with Gasteiger partial charge in [-0.1, -0.05) is 12.1 Å². The number of halogens is 1. The van der Waals surface area contributed by atoms with E-state index in [2.05, 4.69) is 37.8 Å². The molecule has 1 amide bonds. The van der Waals surface area contributed by atoms with E-state index in [1.165, 1.54) is 5.56 Å². The molecule has 0 aliphatic carbocycles. The van der Waals surface area contributed by atoms with Crippen molar-refractivity contribution in [3.05, 3.63) is 57.8 Å². The standard InChI is InChI=1S/C18H24N4OS.HI/c1-3-19-17(23)16-7-5-6-14(10-16)11-21-18(20-4-2)22-12-15-8-9-24-13-15;/h5-10,13H,3-4,11-12H2,1-2H3,(H,19,23)(H2,20,21,22);1H. The number of thiophene rings is 1. The van der Waals surface area contributed by atoms with Crippen LogP contribution in [0.4, 0.5) is 0 Å². The van der Waals surface area contributed by atoms with Gasteiger partial charge in [0.1, 0.15) is 0 Å². The summed E-state index contributed by atoms with van der Waals surface area (Å²) in [5.41, 5.74) is 2.92. The highest BCUT2D eigenvalue weighted by atomic mass is 127. The SMILES string of the molecule is CCNC(=O)c1cccc(CNC(=NCc2ccsc2)NCC)c1.I. The molecule has 3 N–H and O–H groups in total. The van der Waals surface area contributed by atoms with Crippen LogP contribution in [0.25, 0.3) is 0 Å². The largest absolute Gasteiger partial charge is 0.357 e. The summed E-state index contributed by atoms with van der Waals surface area (Å²) in [7, 11) is 0. The molecule has 0 spiro atoms. The minimum atomic E-state index is -0.0441. The van der Waals surface area contributed by atoms with Crippen LogP contribution in [0.3, 0.4) is 0 Å². The summed E-state index contributed by atoms with van der Waals surface area (Å²) in [4.78, 5) is 16.5. The number of benzene rings is 1. The Balaban J connectivity index is 0.00000312. The first kappa shape index (κ1) is 21.4. The maximum absolute atomic E-state index is 11.9. The zero-order valence-electron chi connectivity index (χ0n) is 14.5. The Morgan fingerprint density at radius 2 is 1.88 bits per heavy atom. The van der Waals surface area contributed by atoms with Crippen molar-refractivity contribution in [2.45, 2.75) is 26.9 Å². The molecule has 0 atom stereocenters. The Bertz CT molecular complexity index is 673. The molecule has 1 heterocycles. The van der Waals surface area contributed by atoms with Crippen molar-refractivity contribution < 1.29 is 4.79 Å². The second kappa shape index (κ2) is 11.9. The lowest BCUT2D eigenvalue weighted by Crippen LogP contribution is -2.36. The third-order valence-corrected chi connectivity index (χ3v) is 4.06. The van der Waals surface area contributed by atoms with Crippen molar-refractivity contribution in [2.24, 2.45) is 4.99 Å².